The maximum atomic E-state index is 11.2. The van der Waals surface area contributed by atoms with Crippen LogP contribution in [-0.2, 0) is 0 Å². The second kappa shape index (κ2) is 4.49. The van der Waals surface area contributed by atoms with Gasteiger partial charge in [0.2, 0.25) is 0 Å². The summed E-state index contributed by atoms with van der Waals surface area (Å²) < 4.78 is 5.97. The van der Waals surface area contributed by atoms with Crippen LogP contribution in [0, 0.1) is 0 Å². The molecule has 0 saturated heterocycles. The molecule has 0 bridgehead atoms. The lowest BCUT2D eigenvalue weighted by Crippen LogP contribution is -2.06. The van der Waals surface area contributed by atoms with Crippen molar-refractivity contribution >= 4 is 15.9 Å². The standard InChI is InChI=1S/C11H9BrN2O2/c1-16-7-2-3-9(12)8(6-7)11-13-5-4-10(15)14-11/h2-6H,1H3,(H,13,14,15). The van der Waals surface area contributed by atoms with Crippen LogP contribution in [0.5, 0.6) is 5.75 Å². The van der Waals surface area contributed by atoms with Gasteiger partial charge in [0.25, 0.3) is 5.56 Å². The minimum atomic E-state index is -0.181. The Kier molecular flexibility index (Phi) is 3.05. The fourth-order valence-corrected chi connectivity index (χ4v) is 1.75. The number of rotatable bonds is 2. The average Bonchev–Trinajstić information content (AvgIpc) is 2.30. The SMILES string of the molecule is COc1ccc(Br)c(-c2nccc(=O)[nH]2)c1. The number of benzene rings is 1. The molecule has 0 amide bonds. The fourth-order valence-electron chi connectivity index (χ4n) is 1.32. The summed E-state index contributed by atoms with van der Waals surface area (Å²) in [7, 11) is 1.59. The van der Waals surface area contributed by atoms with E-state index in [4.69, 9.17) is 4.74 Å². The van der Waals surface area contributed by atoms with Gasteiger partial charge in [0.1, 0.15) is 11.6 Å². The van der Waals surface area contributed by atoms with E-state index in [1.807, 2.05) is 18.2 Å². The highest BCUT2D eigenvalue weighted by molar-refractivity contribution is 9.10. The van der Waals surface area contributed by atoms with Gasteiger partial charge in [-0.25, -0.2) is 4.98 Å². The van der Waals surface area contributed by atoms with Gasteiger partial charge in [0, 0.05) is 22.3 Å². The smallest absolute Gasteiger partial charge is 0.251 e. The summed E-state index contributed by atoms with van der Waals surface area (Å²) in [5, 5.41) is 0. The van der Waals surface area contributed by atoms with E-state index in [1.165, 1.54) is 12.3 Å². The topological polar surface area (TPSA) is 55.0 Å². The molecule has 0 fully saturated rings. The van der Waals surface area contributed by atoms with Crippen LogP contribution in [0.4, 0.5) is 0 Å². The maximum absolute atomic E-state index is 11.2. The normalized spacial score (nSPS) is 10.1. The van der Waals surface area contributed by atoms with Crippen molar-refractivity contribution in [2.45, 2.75) is 0 Å². The molecule has 1 aromatic carbocycles. The quantitative estimate of drug-likeness (QED) is 0.918. The highest BCUT2D eigenvalue weighted by atomic mass is 79.9. The highest BCUT2D eigenvalue weighted by Crippen LogP contribution is 2.28. The predicted octanol–water partition coefficient (Wildman–Crippen LogP) is 2.21. The largest absolute Gasteiger partial charge is 0.497 e. The number of nitrogens with one attached hydrogen (secondary N) is 1. The number of hydrogen-bond donors (Lipinski definition) is 1. The third-order valence-electron chi connectivity index (χ3n) is 2.10. The number of aromatic amines is 1. The molecule has 2 aromatic rings. The van der Waals surface area contributed by atoms with Crippen LogP contribution in [0.1, 0.15) is 0 Å². The first kappa shape index (κ1) is 10.9. The van der Waals surface area contributed by atoms with E-state index < -0.39 is 0 Å². The summed E-state index contributed by atoms with van der Waals surface area (Å²) >= 11 is 3.40. The lowest BCUT2D eigenvalue weighted by molar-refractivity contribution is 0.415. The first-order valence-corrected chi connectivity index (χ1v) is 5.39. The molecule has 5 heteroatoms. The van der Waals surface area contributed by atoms with Crippen LogP contribution in [0.15, 0.2) is 39.7 Å². The third-order valence-corrected chi connectivity index (χ3v) is 2.79. The molecule has 0 radical (unpaired) electrons. The molecule has 1 N–H and O–H groups in total. The van der Waals surface area contributed by atoms with Crippen LogP contribution < -0.4 is 10.3 Å². The fraction of sp³-hybridized carbons (Fsp3) is 0.0909. The Balaban J connectivity index is 2.58. The molecular weight excluding hydrogens is 272 g/mol. The molecule has 82 valence electrons. The molecule has 0 aliphatic carbocycles. The Hall–Kier alpha value is -1.62. The monoisotopic (exact) mass is 280 g/mol. The van der Waals surface area contributed by atoms with Crippen molar-refractivity contribution in [1.29, 1.82) is 0 Å². The molecule has 1 heterocycles. The van der Waals surface area contributed by atoms with Gasteiger partial charge in [-0.15, -0.1) is 0 Å². The van der Waals surface area contributed by atoms with Crippen LogP contribution in [0.2, 0.25) is 0 Å². The lowest BCUT2D eigenvalue weighted by atomic mass is 10.2. The van der Waals surface area contributed by atoms with Crippen LogP contribution in [0.3, 0.4) is 0 Å². The third kappa shape index (κ3) is 2.14. The van der Waals surface area contributed by atoms with Gasteiger partial charge in [-0.2, -0.15) is 0 Å². The summed E-state index contributed by atoms with van der Waals surface area (Å²) in [5.74, 6) is 1.22. The van der Waals surface area contributed by atoms with Gasteiger partial charge in [-0.05, 0) is 18.2 Å². The molecule has 0 aliphatic heterocycles. The minimum Gasteiger partial charge on any atom is -0.497 e. The summed E-state index contributed by atoms with van der Waals surface area (Å²) in [5.41, 5.74) is 0.608. The van der Waals surface area contributed by atoms with Gasteiger partial charge in [0.15, 0.2) is 0 Å². The molecule has 2 rings (SSSR count). The van der Waals surface area contributed by atoms with Gasteiger partial charge >= 0.3 is 0 Å². The van der Waals surface area contributed by atoms with Crippen molar-refractivity contribution in [3.63, 3.8) is 0 Å². The zero-order valence-electron chi connectivity index (χ0n) is 8.53. The zero-order chi connectivity index (χ0) is 11.5. The second-order valence-electron chi connectivity index (χ2n) is 3.13. The van der Waals surface area contributed by atoms with E-state index in [9.17, 15) is 4.79 Å². The molecular formula is C11H9BrN2O2. The number of hydrogen-bond acceptors (Lipinski definition) is 3. The Labute approximate surface area is 100 Å². The number of nitrogens with zero attached hydrogens (tertiary/aromatic N) is 1. The molecule has 0 aliphatic rings. The molecule has 16 heavy (non-hydrogen) atoms. The second-order valence-corrected chi connectivity index (χ2v) is 3.98. The number of aromatic nitrogens is 2. The van der Waals surface area contributed by atoms with Gasteiger partial charge in [-0.1, -0.05) is 15.9 Å². The molecule has 1 aromatic heterocycles. The van der Waals surface area contributed by atoms with E-state index in [-0.39, 0.29) is 5.56 Å². The Bertz CT molecular complexity index is 566. The van der Waals surface area contributed by atoms with E-state index in [0.29, 0.717) is 11.6 Å². The number of halogens is 1. The number of ether oxygens (including phenoxy) is 1. The zero-order valence-corrected chi connectivity index (χ0v) is 10.1. The maximum Gasteiger partial charge on any atom is 0.251 e. The summed E-state index contributed by atoms with van der Waals surface area (Å²) in [6.45, 7) is 0. The lowest BCUT2D eigenvalue weighted by Gasteiger charge is -2.06. The van der Waals surface area contributed by atoms with Gasteiger partial charge in [0.05, 0.1) is 7.11 Å². The van der Waals surface area contributed by atoms with Gasteiger partial charge < -0.3 is 9.72 Å². The molecule has 0 atom stereocenters. The van der Waals surface area contributed by atoms with Gasteiger partial charge in [-0.3, -0.25) is 4.79 Å². The summed E-state index contributed by atoms with van der Waals surface area (Å²) in [4.78, 5) is 18.0. The number of H-pyrrole nitrogens is 1. The first-order chi connectivity index (χ1) is 7.70. The van der Waals surface area contributed by atoms with E-state index >= 15 is 0 Å². The van der Waals surface area contributed by atoms with Crippen molar-refractivity contribution in [3.05, 3.63) is 45.3 Å². The van der Waals surface area contributed by atoms with Crippen molar-refractivity contribution in [2.24, 2.45) is 0 Å². The summed E-state index contributed by atoms with van der Waals surface area (Å²) in [6, 6.07) is 6.86. The molecule has 4 nitrogen and oxygen atoms in total. The van der Waals surface area contributed by atoms with Crippen molar-refractivity contribution < 1.29 is 4.74 Å². The Morgan fingerprint density at radius 2 is 2.19 bits per heavy atom. The van der Waals surface area contributed by atoms with Crippen molar-refractivity contribution in [2.75, 3.05) is 7.11 Å². The van der Waals surface area contributed by atoms with E-state index in [2.05, 4.69) is 25.9 Å². The Morgan fingerprint density at radius 3 is 2.88 bits per heavy atom. The molecule has 0 unspecified atom stereocenters. The van der Waals surface area contributed by atoms with E-state index in [1.54, 1.807) is 7.11 Å². The average molecular weight is 281 g/mol. The van der Waals surface area contributed by atoms with Crippen LogP contribution >= 0.6 is 15.9 Å². The van der Waals surface area contributed by atoms with Crippen molar-refractivity contribution in [3.8, 4) is 17.1 Å². The highest BCUT2D eigenvalue weighted by Gasteiger charge is 2.06. The van der Waals surface area contributed by atoms with Crippen molar-refractivity contribution in [1.82, 2.24) is 9.97 Å². The minimum absolute atomic E-state index is 0.181. The van der Waals surface area contributed by atoms with Crippen LogP contribution in [0.25, 0.3) is 11.4 Å². The first-order valence-electron chi connectivity index (χ1n) is 4.60. The number of methoxy groups -OCH3 is 1. The van der Waals surface area contributed by atoms with Crippen LogP contribution in [-0.4, -0.2) is 17.1 Å². The molecule has 0 spiro atoms. The summed E-state index contributed by atoms with van der Waals surface area (Å²) in [6.07, 6.45) is 1.47. The van der Waals surface area contributed by atoms with E-state index in [0.717, 1.165) is 10.0 Å². The Morgan fingerprint density at radius 1 is 1.38 bits per heavy atom. The molecule has 0 saturated carbocycles. The predicted molar refractivity (Wildman–Crippen MR) is 64.5 cm³/mol.